The number of carbonyl (C=O) groups is 12. The number of aromatic hydroxyl groups is 1. The van der Waals surface area contributed by atoms with Crippen molar-refractivity contribution in [1.82, 2.24) is 47.9 Å². The number of guanidine groups is 1. The first kappa shape index (κ1) is 71.9. The summed E-state index contributed by atoms with van der Waals surface area (Å²) >= 11 is 0. The molecular formula is C53H88N14O15. The molecule has 0 aliphatic carbocycles. The zero-order valence-electron chi connectivity index (χ0n) is 48.3. The van der Waals surface area contributed by atoms with E-state index in [-0.39, 0.29) is 62.2 Å². The molecule has 460 valence electrons. The van der Waals surface area contributed by atoms with Crippen molar-refractivity contribution in [3.8, 4) is 5.75 Å². The van der Waals surface area contributed by atoms with Gasteiger partial charge in [0.15, 0.2) is 5.96 Å². The Kier molecular flexibility index (Phi) is 31.8. The van der Waals surface area contributed by atoms with Crippen molar-refractivity contribution >= 4 is 77.0 Å². The highest BCUT2D eigenvalue weighted by atomic mass is 16.4. The van der Waals surface area contributed by atoms with Gasteiger partial charge in [-0.1, -0.05) is 73.9 Å². The van der Waals surface area contributed by atoms with Crippen LogP contribution in [0.1, 0.15) is 126 Å². The fourth-order valence-electron chi connectivity index (χ4n) is 8.01. The maximum Gasteiger partial charge on any atom is 0.326 e. The van der Waals surface area contributed by atoms with Crippen LogP contribution in [0.3, 0.4) is 0 Å². The summed E-state index contributed by atoms with van der Waals surface area (Å²) in [6, 6.07) is -6.46. The Hall–Kier alpha value is -8.11. The second-order valence-electron chi connectivity index (χ2n) is 21.4. The van der Waals surface area contributed by atoms with Gasteiger partial charge in [-0.15, -0.1) is 0 Å². The topological polar surface area (TPSA) is 490 Å². The highest BCUT2D eigenvalue weighted by Gasteiger charge is 2.35. The van der Waals surface area contributed by atoms with E-state index in [0.717, 1.165) is 0 Å². The zero-order chi connectivity index (χ0) is 62.6. The molecule has 0 bridgehead atoms. The van der Waals surface area contributed by atoms with Crippen molar-refractivity contribution in [2.24, 2.45) is 51.6 Å². The summed E-state index contributed by atoms with van der Waals surface area (Å²) in [5.41, 5.74) is 22.8. The summed E-state index contributed by atoms with van der Waals surface area (Å²) in [6.07, 6.45) is -1.50. The first-order valence-electron chi connectivity index (χ1n) is 27.3. The predicted molar refractivity (Wildman–Crippen MR) is 300 cm³/mol. The Bertz CT molecular complexity index is 2380. The summed E-state index contributed by atoms with van der Waals surface area (Å²) in [4.78, 5) is 162. The molecule has 0 radical (unpaired) electrons. The van der Waals surface area contributed by atoms with Crippen molar-refractivity contribution in [1.29, 1.82) is 0 Å². The second-order valence-corrected chi connectivity index (χ2v) is 21.4. The molecule has 10 amide bonds. The van der Waals surface area contributed by atoms with Crippen LogP contribution in [0, 0.1) is 23.7 Å². The fourth-order valence-corrected chi connectivity index (χ4v) is 8.01. The third-order valence-electron chi connectivity index (χ3n) is 12.8. The lowest BCUT2D eigenvalue weighted by Gasteiger charge is -2.27. The first-order valence-corrected chi connectivity index (χ1v) is 27.3. The fraction of sp³-hybridized carbons (Fsp3) is 0.642. The van der Waals surface area contributed by atoms with Crippen molar-refractivity contribution in [3.63, 3.8) is 0 Å². The smallest absolute Gasteiger partial charge is 0.326 e. The first-order chi connectivity index (χ1) is 38.3. The van der Waals surface area contributed by atoms with E-state index in [9.17, 15) is 72.9 Å². The Labute approximate surface area is 477 Å². The number of nitrogens with one attached hydrogen (secondary N) is 9. The number of primary amides is 1. The maximum atomic E-state index is 14.0. The lowest BCUT2D eigenvalue weighted by Crippen LogP contribution is -2.59. The molecule has 20 N–H and O–H groups in total. The SMILES string of the molecule is CC[C@H](C)[C@H](NC(=O)[C@H](Cc1ccc(O)cc1)NC(=O)[C@H](C)NC(=O)[C@@H](NC(=O)CNC(=O)[C@H](CCCN=C(N)N)NC(=O)[C@H](CCC(=O)O)NC(=O)[C@H](CCC(N)=O)NC(=O)[C@H](CC(C)C)NC(=O)[C@@H](N)CC(C)C)C(C)C)C(=O)O. The van der Waals surface area contributed by atoms with E-state index in [1.54, 1.807) is 41.5 Å². The molecule has 0 unspecified atom stereocenters. The van der Waals surface area contributed by atoms with E-state index in [0.29, 0.717) is 18.4 Å². The number of aliphatic imine (C=N–C) groups is 1. The summed E-state index contributed by atoms with van der Waals surface area (Å²) in [5.74, 6) is -13.1. The van der Waals surface area contributed by atoms with Crippen molar-refractivity contribution in [2.75, 3.05) is 13.1 Å². The van der Waals surface area contributed by atoms with Gasteiger partial charge in [0.25, 0.3) is 0 Å². The van der Waals surface area contributed by atoms with Gasteiger partial charge in [0.1, 0.15) is 54.1 Å². The highest BCUT2D eigenvalue weighted by Crippen LogP contribution is 2.15. The van der Waals surface area contributed by atoms with Gasteiger partial charge in [0, 0.05) is 25.8 Å². The normalized spacial score (nSPS) is 14.8. The van der Waals surface area contributed by atoms with Gasteiger partial charge in [0.2, 0.25) is 59.1 Å². The Balaban J connectivity index is 3.36. The summed E-state index contributed by atoms with van der Waals surface area (Å²) in [6.45, 7) is 14.3. The zero-order valence-corrected chi connectivity index (χ0v) is 48.3. The quantitative estimate of drug-likeness (QED) is 0.0183. The standard InChI is InChI=1S/C53H88N14O15/c1-10-29(8)43(52(81)82)67-50(79)38(24-31-13-15-32(68)16-14-31)64-44(73)30(9)60-51(80)42(28(6)7)66-40(70)25-59-46(75)34(12-11-21-58-53(56)57)61-48(77)36(18-20-41(71)72)62-47(76)35(17-19-39(55)69)63-49(78)37(23-27(4)5)65-45(74)33(54)22-26(2)3/h13-16,26-30,33-38,42-43,68H,10-12,17-25,54H2,1-9H3,(H2,55,69)(H,59,75)(H,60,80)(H,61,77)(H,62,76)(H,63,78)(H,64,73)(H,65,74)(H,66,70)(H,67,79)(H,71,72)(H,81,82)(H4,56,57,58)/t29-,30-,33-,34-,35-,36-,37-,38-,42-,43-/m0/s1. The maximum absolute atomic E-state index is 14.0. The number of rotatable bonds is 38. The molecule has 0 aliphatic rings. The third-order valence-corrected chi connectivity index (χ3v) is 12.8. The van der Waals surface area contributed by atoms with Gasteiger partial charge in [-0.2, -0.15) is 0 Å². The van der Waals surface area contributed by atoms with E-state index in [2.05, 4.69) is 52.8 Å². The van der Waals surface area contributed by atoms with Crippen LogP contribution in [0.5, 0.6) is 5.75 Å². The molecule has 0 aromatic heterocycles. The number of carboxylic acid groups (broad SMARTS) is 2. The molecule has 82 heavy (non-hydrogen) atoms. The minimum atomic E-state index is -1.69. The Morgan fingerprint density at radius 3 is 1.54 bits per heavy atom. The van der Waals surface area contributed by atoms with Gasteiger partial charge in [-0.25, -0.2) is 4.79 Å². The number of hydrogen-bond acceptors (Lipinski definition) is 15. The summed E-state index contributed by atoms with van der Waals surface area (Å²) < 4.78 is 0. The average Bonchev–Trinajstić information content (AvgIpc) is 3.41. The highest BCUT2D eigenvalue weighted by molar-refractivity contribution is 5.98. The molecule has 0 heterocycles. The third kappa shape index (κ3) is 27.9. The Morgan fingerprint density at radius 2 is 1.05 bits per heavy atom. The number of aliphatic carboxylic acids is 2. The lowest BCUT2D eigenvalue weighted by atomic mass is 9.98. The molecule has 1 aromatic rings. The molecule has 29 heteroatoms. The van der Waals surface area contributed by atoms with Crippen LogP contribution < -0.4 is 70.8 Å². The number of hydrogen-bond donors (Lipinski definition) is 16. The molecule has 0 spiro atoms. The van der Waals surface area contributed by atoms with E-state index in [1.165, 1.54) is 31.2 Å². The van der Waals surface area contributed by atoms with Gasteiger partial charge < -0.3 is 86.1 Å². The molecule has 0 fully saturated rings. The van der Waals surface area contributed by atoms with Crippen molar-refractivity contribution < 1.29 is 72.9 Å². The number of phenolic OH excluding ortho intramolecular Hbond substituents is 1. The van der Waals surface area contributed by atoms with Gasteiger partial charge in [0.05, 0.1) is 12.6 Å². The molecule has 29 nitrogen and oxygen atoms in total. The number of nitrogens with zero attached hydrogens (tertiary/aromatic N) is 1. The molecule has 0 saturated carbocycles. The van der Waals surface area contributed by atoms with E-state index in [1.807, 2.05) is 13.8 Å². The molecule has 1 rings (SSSR count). The van der Waals surface area contributed by atoms with Gasteiger partial charge >= 0.3 is 11.9 Å². The summed E-state index contributed by atoms with van der Waals surface area (Å²) in [7, 11) is 0. The number of carboxylic acids is 2. The van der Waals surface area contributed by atoms with Crippen molar-refractivity contribution in [2.45, 2.75) is 181 Å². The van der Waals surface area contributed by atoms with Crippen LogP contribution in [0.15, 0.2) is 29.3 Å². The van der Waals surface area contributed by atoms with Gasteiger partial charge in [-0.3, -0.25) is 57.7 Å². The molecule has 0 aliphatic heterocycles. The average molecular weight is 1160 g/mol. The molecule has 1 aromatic carbocycles. The van der Waals surface area contributed by atoms with Crippen LogP contribution >= 0.6 is 0 Å². The molecular weight excluding hydrogens is 1070 g/mol. The minimum absolute atomic E-state index is 0.0396. The van der Waals surface area contributed by atoms with E-state index >= 15 is 0 Å². The van der Waals surface area contributed by atoms with E-state index in [4.69, 9.17) is 22.9 Å². The largest absolute Gasteiger partial charge is 0.508 e. The lowest BCUT2D eigenvalue weighted by molar-refractivity contribution is -0.144. The number of benzene rings is 1. The van der Waals surface area contributed by atoms with Crippen LogP contribution in [0.4, 0.5) is 0 Å². The van der Waals surface area contributed by atoms with Crippen LogP contribution in [-0.2, 0) is 64.0 Å². The van der Waals surface area contributed by atoms with Crippen LogP contribution in [-0.4, -0.2) is 160 Å². The predicted octanol–water partition coefficient (Wildman–Crippen LogP) is -2.66. The monoisotopic (exact) mass is 1160 g/mol. The second kappa shape index (κ2) is 36.3. The number of carbonyl (C=O) groups excluding carboxylic acids is 10. The molecule has 0 saturated heterocycles. The summed E-state index contributed by atoms with van der Waals surface area (Å²) in [5, 5.41) is 51.5. The Morgan fingerprint density at radius 1 is 0.549 bits per heavy atom. The number of phenols is 1. The van der Waals surface area contributed by atoms with Crippen LogP contribution in [0.25, 0.3) is 0 Å². The van der Waals surface area contributed by atoms with Crippen molar-refractivity contribution in [3.05, 3.63) is 29.8 Å². The number of amides is 10. The van der Waals surface area contributed by atoms with E-state index < -0.39 is 163 Å². The number of nitrogens with two attached hydrogens (primary N) is 4. The van der Waals surface area contributed by atoms with Crippen LogP contribution in [0.2, 0.25) is 0 Å². The molecule has 10 atom stereocenters. The minimum Gasteiger partial charge on any atom is -0.508 e. The van der Waals surface area contributed by atoms with Gasteiger partial charge in [-0.05, 0) is 86.8 Å².